The van der Waals surface area contributed by atoms with Crippen molar-refractivity contribution in [2.24, 2.45) is 0 Å². The molecule has 0 radical (unpaired) electrons. The van der Waals surface area contributed by atoms with Gasteiger partial charge in [-0.05, 0) is 48.2 Å². The highest BCUT2D eigenvalue weighted by molar-refractivity contribution is 7.22. The van der Waals surface area contributed by atoms with Gasteiger partial charge in [0.05, 0.1) is 28.1 Å². The Labute approximate surface area is 183 Å². The maximum absolute atomic E-state index is 13.3. The first-order valence-electron chi connectivity index (χ1n) is 9.71. The maximum atomic E-state index is 13.3. The minimum absolute atomic E-state index is 0.000401. The summed E-state index contributed by atoms with van der Waals surface area (Å²) in [6.07, 6.45) is 3.54. The second-order valence-corrected chi connectivity index (χ2v) is 8.30. The van der Waals surface area contributed by atoms with E-state index in [2.05, 4.69) is 11.1 Å². The van der Waals surface area contributed by atoms with E-state index in [1.54, 1.807) is 29.4 Å². The molecule has 4 aromatic rings. The van der Waals surface area contributed by atoms with Crippen LogP contribution in [0.5, 0.6) is 0 Å². The highest BCUT2D eigenvalue weighted by Gasteiger charge is 2.22. The molecule has 4 rings (SSSR count). The van der Waals surface area contributed by atoms with E-state index in [-0.39, 0.29) is 18.0 Å². The van der Waals surface area contributed by atoms with Crippen molar-refractivity contribution in [1.29, 1.82) is 0 Å². The molecule has 8 heteroatoms. The van der Waals surface area contributed by atoms with Crippen LogP contribution in [0.25, 0.3) is 10.2 Å². The number of carbonyl (C=O) groups excluding carboxylic acids is 1. The van der Waals surface area contributed by atoms with E-state index in [1.165, 1.54) is 23.5 Å². The number of nitro benzene ring substituents is 1. The molecule has 1 amide bonds. The number of nitro groups is 1. The lowest BCUT2D eigenvalue weighted by atomic mass is 10.1. The van der Waals surface area contributed by atoms with E-state index in [0.29, 0.717) is 17.2 Å². The molecular weight excluding hydrogens is 412 g/mol. The number of amides is 1. The van der Waals surface area contributed by atoms with Crippen molar-refractivity contribution in [1.82, 2.24) is 9.97 Å². The first-order chi connectivity index (χ1) is 14.9. The van der Waals surface area contributed by atoms with Crippen LogP contribution in [0.1, 0.15) is 22.3 Å². The third-order valence-corrected chi connectivity index (χ3v) is 6.22. The Morgan fingerprint density at radius 2 is 1.87 bits per heavy atom. The summed E-state index contributed by atoms with van der Waals surface area (Å²) in [6, 6.07) is 13.9. The van der Waals surface area contributed by atoms with Gasteiger partial charge in [0.25, 0.3) is 5.69 Å². The van der Waals surface area contributed by atoms with E-state index >= 15 is 0 Å². The smallest absolute Gasteiger partial charge is 0.269 e. The second-order valence-electron chi connectivity index (χ2n) is 7.29. The maximum Gasteiger partial charge on any atom is 0.269 e. The van der Waals surface area contributed by atoms with Crippen molar-refractivity contribution in [3.8, 4) is 0 Å². The molecule has 0 atom stereocenters. The summed E-state index contributed by atoms with van der Waals surface area (Å²) in [4.78, 5) is 34.3. The highest BCUT2D eigenvalue weighted by atomic mass is 32.1. The van der Waals surface area contributed by atoms with Gasteiger partial charge in [-0.1, -0.05) is 35.6 Å². The van der Waals surface area contributed by atoms with Crippen LogP contribution in [-0.2, 0) is 17.8 Å². The number of non-ortho nitro benzene ring substituents is 1. The van der Waals surface area contributed by atoms with Gasteiger partial charge in [-0.3, -0.25) is 24.8 Å². The number of hydrogen-bond donors (Lipinski definition) is 0. The normalized spacial score (nSPS) is 10.9. The van der Waals surface area contributed by atoms with Crippen LogP contribution in [0.3, 0.4) is 0 Å². The lowest BCUT2D eigenvalue weighted by Crippen LogP contribution is -2.31. The van der Waals surface area contributed by atoms with Gasteiger partial charge in [0.2, 0.25) is 5.91 Å². The Morgan fingerprint density at radius 1 is 1.10 bits per heavy atom. The van der Waals surface area contributed by atoms with Crippen molar-refractivity contribution >= 4 is 38.3 Å². The number of nitrogens with zero attached hydrogens (tertiary/aromatic N) is 4. The van der Waals surface area contributed by atoms with Crippen LogP contribution in [0, 0.1) is 24.0 Å². The Morgan fingerprint density at radius 3 is 2.55 bits per heavy atom. The number of anilines is 1. The Bertz CT molecular complexity index is 1250. The molecule has 0 aliphatic heterocycles. The minimum atomic E-state index is -0.453. The van der Waals surface area contributed by atoms with Gasteiger partial charge in [0, 0.05) is 24.5 Å². The van der Waals surface area contributed by atoms with Crippen molar-refractivity contribution < 1.29 is 9.72 Å². The topological polar surface area (TPSA) is 89.2 Å². The lowest BCUT2D eigenvalue weighted by Gasteiger charge is -2.20. The van der Waals surface area contributed by atoms with Crippen LogP contribution in [0.15, 0.2) is 60.9 Å². The van der Waals surface area contributed by atoms with E-state index in [4.69, 9.17) is 4.98 Å². The molecule has 2 aromatic carbocycles. The van der Waals surface area contributed by atoms with Gasteiger partial charge in [-0.2, -0.15) is 0 Å². The van der Waals surface area contributed by atoms with Crippen molar-refractivity contribution in [3.63, 3.8) is 0 Å². The van der Waals surface area contributed by atoms with Crippen molar-refractivity contribution in [2.45, 2.75) is 26.8 Å². The molecule has 0 unspecified atom stereocenters. The fourth-order valence-electron chi connectivity index (χ4n) is 3.27. The SMILES string of the molecule is Cc1ccc2sc(N(Cc3cccnc3)C(=O)Cc3ccc([N+](=O)[O-])cc3)nc2c1C. The lowest BCUT2D eigenvalue weighted by molar-refractivity contribution is -0.384. The average Bonchev–Trinajstić information content (AvgIpc) is 3.20. The number of rotatable bonds is 6. The number of aromatic nitrogens is 2. The quantitative estimate of drug-likeness (QED) is 0.316. The van der Waals surface area contributed by atoms with Crippen LogP contribution in [0.2, 0.25) is 0 Å². The first-order valence-corrected chi connectivity index (χ1v) is 10.5. The van der Waals surface area contributed by atoms with Crippen LogP contribution in [-0.4, -0.2) is 20.8 Å². The molecular formula is C23H20N4O3S. The summed E-state index contributed by atoms with van der Waals surface area (Å²) in [7, 11) is 0. The zero-order chi connectivity index (χ0) is 22.0. The molecule has 0 aliphatic rings. The van der Waals surface area contributed by atoms with Gasteiger partial charge in [0.1, 0.15) is 0 Å². The van der Waals surface area contributed by atoms with Gasteiger partial charge in [-0.15, -0.1) is 0 Å². The number of benzene rings is 2. The summed E-state index contributed by atoms with van der Waals surface area (Å²) >= 11 is 1.48. The van der Waals surface area contributed by atoms with E-state index in [1.807, 2.05) is 32.0 Å². The molecule has 0 saturated heterocycles. The Hall–Kier alpha value is -3.65. The molecule has 7 nitrogen and oxygen atoms in total. The summed E-state index contributed by atoms with van der Waals surface area (Å²) in [5.74, 6) is -0.133. The summed E-state index contributed by atoms with van der Waals surface area (Å²) < 4.78 is 1.03. The van der Waals surface area contributed by atoms with Crippen LogP contribution >= 0.6 is 11.3 Å². The Balaban J connectivity index is 1.68. The highest BCUT2D eigenvalue weighted by Crippen LogP contribution is 2.33. The van der Waals surface area contributed by atoms with Crippen LogP contribution in [0.4, 0.5) is 10.8 Å². The molecule has 0 saturated carbocycles. The standard InChI is InChI=1S/C23H20N4O3S/c1-15-5-10-20-22(16(15)2)25-23(31-20)26(14-18-4-3-11-24-13-18)21(28)12-17-6-8-19(9-7-17)27(29)30/h3-11,13H,12,14H2,1-2H3. The largest absolute Gasteiger partial charge is 0.283 e. The number of thiazole rings is 1. The molecule has 2 heterocycles. The van der Waals surface area contributed by atoms with Gasteiger partial charge in [-0.25, -0.2) is 4.98 Å². The summed E-state index contributed by atoms with van der Waals surface area (Å²) in [6.45, 7) is 4.42. The van der Waals surface area contributed by atoms with E-state index in [0.717, 1.165) is 26.9 Å². The predicted octanol–water partition coefficient (Wildman–Crippen LogP) is 4.99. The third-order valence-electron chi connectivity index (χ3n) is 5.17. The number of fused-ring (bicyclic) bond motifs is 1. The molecule has 0 N–H and O–H groups in total. The van der Waals surface area contributed by atoms with Gasteiger partial charge < -0.3 is 0 Å². The molecule has 31 heavy (non-hydrogen) atoms. The zero-order valence-electron chi connectivity index (χ0n) is 17.1. The number of carbonyl (C=O) groups is 1. The molecule has 0 aliphatic carbocycles. The molecule has 0 spiro atoms. The van der Waals surface area contributed by atoms with Crippen molar-refractivity contribution in [2.75, 3.05) is 4.90 Å². The zero-order valence-corrected chi connectivity index (χ0v) is 17.9. The fourth-order valence-corrected chi connectivity index (χ4v) is 4.31. The predicted molar refractivity (Wildman–Crippen MR) is 121 cm³/mol. The fraction of sp³-hybridized carbons (Fsp3) is 0.174. The van der Waals surface area contributed by atoms with Gasteiger partial charge in [0.15, 0.2) is 5.13 Å². The first kappa shape index (κ1) is 20.6. The minimum Gasteiger partial charge on any atom is -0.283 e. The third kappa shape index (κ3) is 4.44. The molecule has 2 aromatic heterocycles. The molecule has 0 fully saturated rings. The second kappa shape index (κ2) is 8.61. The molecule has 0 bridgehead atoms. The van der Waals surface area contributed by atoms with Crippen molar-refractivity contribution in [3.05, 3.63) is 93.3 Å². The number of aryl methyl sites for hydroxylation is 2. The Kier molecular flexibility index (Phi) is 5.73. The van der Waals surface area contributed by atoms with E-state index in [9.17, 15) is 14.9 Å². The average molecular weight is 433 g/mol. The number of hydrogen-bond acceptors (Lipinski definition) is 6. The number of pyridine rings is 1. The van der Waals surface area contributed by atoms with Gasteiger partial charge >= 0.3 is 0 Å². The summed E-state index contributed by atoms with van der Waals surface area (Å²) in [5, 5.41) is 11.5. The summed E-state index contributed by atoms with van der Waals surface area (Å²) in [5.41, 5.74) is 4.76. The van der Waals surface area contributed by atoms with E-state index < -0.39 is 4.92 Å². The monoisotopic (exact) mass is 432 g/mol. The molecule has 156 valence electrons. The van der Waals surface area contributed by atoms with Crippen LogP contribution < -0.4 is 4.90 Å².